The van der Waals surface area contributed by atoms with Crippen molar-refractivity contribution in [2.75, 3.05) is 7.11 Å². The highest BCUT2D eigenvalue weighted by atomic mass is 79.9. The first-order valence-electron chi connectivity index (χ1n) is 5.78. The highest BCUT2D eigenvalue weighted by Crippen LogP contribution is 2.21. The smallest absolute Gasteiger partial charge is 0.251 e. The summed E-state index contributed by atoms with van der Waals surface area (Å²) in [5, 5.41) is 3.04. The standard InChI is InChI=1S/C13H16BrNO2/c1-17-12-7-6-11(8-12)15-13(16)9-2-4-10(14)5-3-9/h2-5,11-12H,6-8H2,1H3,(H,15,16). The first kappa shape index (κ1) is 12.6. The van der Waals surface area contributed by atoms with E-state index in [0.29, 0.717) is 11.7 Å². The Hall–Kier alpha value is -0.870. The van der Waals surface area contributed by atoms with Crippen LogP contribution in [0.2, 0.25) is 0 Å². The molecule has 1 aromatic carbocycles. The van der Waals surface area contributed by atoms with Gasteiger partial charge in [-0.3, -0.25) is 4.79 Å². The van der Waals surface area contributed by atoms with Gasteiger partial charge in [-0.05, 0) is 43.5 Å². The van der Waals surface area contributed by atoms with E-state index in [9.17, 15) is 4.79 Å². The van der Waals surface area contributed by atoms with E-state index in [0.717, 1.165) is 23.7 Å². The Balaban J connectivity index is 1.91. The quantitative estimate of drug-likeness (QED) is 0.932. The highest BCUT2D eigenvalue weighted by Gasteiger charge is 2.25. The van der Waals surface area contributed by atoms with Gasteiger partial charge in [-0.15, -0.1) is 0 Å². The second kappa shape index (κ2) is 5.65. The number of hydrogen-bond donors (Lipinski definition) is 1. The Kier molecular flexibility index (Phi) is 4.18. The fourth-order valence-electron chi connectivity index (χ4n) is 2.16. The zero-order chi connectivity index (χ0) is 12.3. The number of carbonyl (C=O) groups is 1. The van der Waals surface area contributed by atoms with Crippen LogP contribution in [0, 0.1) is 0 Å². The molecule has 1 aliphatic carbocycles. The summed E-state index contributed by atoms with van der Waals surface area (Å²) in [7, 11) is 1.73. The number of benzene rings is 1. The summed E-state index contributed by atoms with van der Waals surface area (Å²) in [4.78, 5) is 11.9. The fraction of sp³-hybridized carbons (Fsp3) is 0.462. The van der Waals surface area contributed by atoms with Crippen LogP contribution in [-0.4, -0.2) is 25.2 Å². The van der Waals surface area contributed by atoms with Crippen molar-refractivity contribution in [2.45, 2.75) is 31.4 Å². The fourth-order valence-corrected chi connectivity index (χ4v) is 2.42. The molecule has 1 aliphatic rings. The number of methoxy groups -OCH3 is 1. The molecule has 1 N–H and O–H groups in total. The van der Waals surface area contributed by atoms with E-state index in [4.69, 9.17) is 4.74 Å². The van der Waals surface area contributed by atoms with Gasteiger partial charge in [-0.25, -0.2) is 0 Å². The predicted molar refractivity (Wildman–Crippen MR) is 70.0 cm³/mol. The van der Waals surface area contributed by atoms with E-state index >= 15 is 0 Å². The minimum Gasteiger partial charge on any atom is -0.381 e. The number of carbonyl (C=O) groups excluding carboxylic acids is 1. The Bertz CT molecular complexity index is 391. The number of nitrogens with one attached hydrogen (secondary N) is 1. The molecule has 4 heteroatoms. The van der Waals surface area contributed by atoms with Crippen LogP contribution in [0.3, 0.4) is 0 Å². The number of ether oxygens (including phenoxy) is 1. The second-order valence-electron chi connectivity index (χ2n) is 4.35. The largest absolute Gasteiger partial charge is 0.381 e. The lowest BCUT2D eigenvalue weighted by atomic mass is 10.2. The van der Waals surface area contributed by atoms with Crippen LogP contribution in [0.1, 0.15) is 29.6 Å². The molecule has 1 saturated carbocycles. The van der Waals surface area contributed by atoms with Crippen molar-refractivity contribution in [1.82, 2.24) is 5.32 Å². The van der Waals surface area contributed by atoms with Gasteiger partial charge in [0.05, 0.1) is 6.10 Å². The molecule has 2 unspecified atom stereocenters. The van der Waals surface area contributed by atoms with Crippen molar-refractivity contribution in [3.63, 3.8) is 0 Å². The highest BCUT2D eigenvalue weighted by molar-refractivity contribution is 9.10. The van der Waals surface area contributed by atoms with E-state index < -0.39 is 0 Å². The molecule has 0 radical (unpaired) electrons. The zero-order valence-electron chi connectivity index (χ0n) is 9.78. The topological polar surface area (TPSA) is 38.3 Å². The first-order chi connectivity index (χ1) is 8.19. The summed E-state index contributed by atoms with van der Waals surface area (Å²) >= 11 is 3.35. The molecular weight excluding hydrogens is 282 g/mol. The molecule has 92 valence electrons. The van der Waals surface area contributed by atoms with E-state index in [1.807, 2.05) is 24.3 Å². The molecule has 2 atom stereocenters. The SMILES string of the molecule is COC1CCC(NC(=O)c2ccc(Br)cc2)C1. The molecule has 17 heavy (non-hydrogen) atoms. The predicted octanol–water partition coefficient (Wildman–Crippen LogP) is 2.75. The summed E-state index contributed by atoms with van der Waals surface area (Å²) in [6.45, 7) is 0. The van der Waals surface area contributed by atoms with Crippen molar-refractivity contribution >= 4 is 21.8 Å². The number of hydrogen-bond acceptors (Lipinski definition) is 2. The van der Waals surface area contributed by atoms with Gasteiger partial charge in [-0.1, -0.05) is 15.9 Å². The second-order valence-corrected chi connectivity index (χ2v) is 5.26. The van der Waals surface area contributed by atoms with Crippen LogP contribution >= 0.6 is 15.9 Å². The molecule has 1 fully saturated rings. The van der Waals surface area contributed by atoms with Crippen molar-refractivity contribution in [1.29, 1.82) is 0 Å². The molecule has 0 aromatic heterocycles. The van der Waals surface area contributed by atoms with Crippen molar-refractivity contribution < 1.29 is 9.53 Å². The molecular formula is C13H16BrNO2. The van der Waals surface area contributed by atoms with Crippen molar-refractivity contribution in [2.24, 2.45) is 0 Å². The molecule has 3 nitrogen and oxygen atoms in total. The van der Waals surface area contributed by atoms with Gasteiger partial charge >= 0.3 is 0 Å². The Labute approximate surface area is 110 Å². The molecule has 0 saturated heterocycles. The Morgan fingerprint density at radius 3 is 2.65 bits per heavy atom. The number of amides is 1. The average Bonchev–Trinajstić information content (AvgIpc) is 2.77. The number of halogens is 1. The van der Waals surface area contributed by atoms with Gasteiger partial charge in [0, 0.05) is 23.2 Å². The summed E-state index contributed by atoms with van der Waals surface area (Å²) in [6.07, 6.45) is 3.24. The average molecular weight is 298 g/mol. The van der Waals surface area contributed by atoms with Gasteiger partial charge < -0.3 is 10.1 Å². The summed E-state index contributed by atoms with van der Waals surface area (Å²) in [5.41, 5.74) is 0.703. The maximum Gasteiger partial charge on any atom is 0.251 e. The lowest BCUT2D eigenvalue weighted by Crippen LogP contribution is -2.33. The number of rotatable bonds is 3. The van der Waals surface area contributed by atoms with Crippen LogP contribution in [0.4, 0.5) is 0 Å². The Morgan fingerprint density at radius 1 is 1.35 bits per heavy atom. The maximum atomic E-state index is 11.9. The third kappa shape index (κ3) is 3.30. The third-order valence-electron chi connectivity index (χ3n) is 3.16. The maximum absolute atomic E-state index is 11.9. The van der Waals surface area contributed by atoms with Crippen LogP contribution < -0.4 is 5.32 Å². The van der Waals surface area contributed by atoms with Gasteiger partial charge in [0.1, 0.15) is 0 Å². The summed E-state index contributed by atoms with van der Waals surface area (Å²) in [5.74, 6) is -0.000692. The molecule has 0 aliphatic heterocycles. The van der Waals surface area contributed by atoms with Gasteiger partial charge in [0.15, 0.2) is 0 Å². The zero-order valence-corrected chi connectivity index (χ0v) is 11.4. The third-order valence-corrected chi connectivity index (χ3v) is 3.69. The lowest BCUT2D eigenvalue weighted by molar-refractivity contribution is 0.0915. The minimum absolute atomic E-state index is 0.000692. The summed E-state index contributed by atoms with van der Waals surface area (Å²) in [6, 6.07) is 7.64. The van der Waals surface area contributed by atoms with Gasteiger partial charge in [0.25, 0.3) is 5.91 Å². The van der Waals surface area contributed by atoms with Crippen molar-refractivity contribution in [3.8, 4) is 0 Å². The Morgan fingerprint density at radius 2 is 2.06 bits per heavy atom. The summed E-state index contributed by atoms with van der Waals surface area (Å²) < 4.78 is 6.27. The molecule has 1 amide bonds. The van der Waals surface area contributed by atoms with Gasteiger partial charge in [-0.2, -0.15) is 0 Å². The normalized spacial score (nSPS) is 23.6. The minimum atomic E-state index is -0.000692. The molecule has 1 aromatic rings. The molecule has 0 bridgehead atoms. The molecule has 0 spiro atoms. The van der Waals surface area contributed by atoms with E-state index in [-0.39, 0.29) is 11.9 Å². The van der Waals surface area contributed by atoms with E-state index in [2.05, 4.69) is 21.2 Å². The lowest BCUT2D eigenvalue weighted by Gasteiger charge is -2.12. The van der Waals surface area contributed by atoms with Crippen LogP contribution in [0.25, 0.3) is 0 Å². The monoisotopic (exact) mass is 297 g/mol. The van der Waals surface area contributed by atoms with Crippen LogP contribution in [0.15, 0.2) is 28.7 Å². The van der Waals surface area contributed by atoms with Crippen molar-refractivity contribution in [3.05, 3.63) is 34.3 Å². The molecule has 0 heterocycles. The van der Waals surface area contributed by atoms with Gasteiger partial charge in [0.2, 0.25) is 0 Å². The first-order valence-corrected chi connectivity index (χ1v) is 6.57. The van der Waals surface area contributed by atoms with Crippen LogP contribution in [0.5, 0.6) is 0 Å². The van der Waals surface area contributed by atoms with Crippen LogP contribution in [-0.2, 0) is 4.74 Å². The molecule has 2 rings (SSSR count). The van der Waals surface area contributed by atoms with E-state index in [1.165, 1.54) is 0 Å². The van der Waals surface area contributed by atoms with E-state index in [1.54, 1.807) is 7.11 Å².